The number of piperazine rings is 1. The van der Waals surface area contributed by atoms with Crippen molar-refractivity contribution in [1.29, 1.82) is 0 Å². The highest BCUT2D eigenvalue weighted by molar-refractivity contribution is 6.35. The minimum atomic E-state index is -0.412. The van der Waals surface area contributed by atoms with Gasteiger partial charge in [-0.2, -0.15) is 0 Å². The molecular formula is C10H16N2O2. The van der Waals surface area contributed by atoms with E-state index < -0.39 is 11.8 Å². The van der Waals surface area contributed by atoms with Gasteiger partial charge in [0.15, 0.2) is 0 Å². The minimum absolute atomic E-state index is 0.0948. The SMILES string of the molecule is C=CCN1CCN(C(C)C)C(=O)C1=O. The van der Waals surface area contributed by atoms with Crippen LogP contribution in [0.2, 0.25) is 0 Å². The Kier molecular flexibility index (Phi) is 3.28. The number of hydrogen-bond acceptors (Lipinski definition) is 2. The molecule has 4 nitrogen and oxygen atoms in total. The van der Waals surface area contributed by atoms with E-state index in [2.05, 4.69) is 6.58 Å². The van der Waals surface area contributed by atoms with Crippen molar-refractivity contribution in [3.05, 3.63) is 12.7 Å². The molecule has 4 heteroatoms. The van der Waals surface area contributed by atoms with Gasteiger partial charge in [0.2, 0.25) is 0 Å². The Hall–Kier alpha value is -1.32. The van der Waals surface area contributed by atoms with E-state index in [4.69, 9.17) is 0 Å². The maximum atomic E-state index is 11.6. The van der Waals surface area contributed by atoms with Gasteiger partial charge in [0.05, 0.1) is 0 Å². The van der Waals surface area contributed by atoms with Crippen LogP contribution in [-0.2, 0) is 9.59 Å². The fourth-order valence-corrected chi connectivity index (χ4v) is 1.51. The summed E-state index contributed by atoms with van der Waals surface area (Å²) in [5.41, 5.74) is 0. The molecule has 0 radical (unpaired) electrons. The molecule has 0 atom stereocenters. The molecule has 0 spiro atoms. The van der Waals surface area contributed by atoms with Crippen LogP contribution in [0.3, 0.4) is 0 Å². The average molecular weight is 196 g/mol. The Labute approximate surface area is 84.2 Å². The molecule has 0 saturated carbocycles. The molecular weight excluding hydrogens is 180 g/mol. The maximum absolute atomic E-state index is 11.6. The van der Waals surface area contributed by atoms with Crippen LogP contribution in [0.15, 0.2) is 12.7 Å². The van der Waals surface area contributed by atoms with Crippen LogP contribution in [0, 0.1) is 0 Å². The minimum Gasteiger partial charge on any atom is -0.330 e. The summed E-state index contributed by atoms with van der Waals surface area (Å²) in [6, 6.07) is 0.0948. The summed E-state index contributed by atoms with van der Waals surface area (Å²) in [6.45, 7) is 9.05. The predicted octanol–water partition coefficient (Wildman–Crippen LogP) is 0.252. The predicted molar refractivity (Wildman–Crippen MR) is 53.6 cm³/mol. The Morgan fingerprint density at radius 1 is 1.36 bits per heavy atom. The second kappa shape index (κ2) is 4.26. The van der Waals surface area contributed by atoms with E-state index in [1.54, 1.807) is 11.0 Å². The number of carbonyl (C=O) groups excluding carboxylic acids is 2. The van der Waals surface area contributed by atoms with Crippen molar-refractivity contribution < 1.29 is 9.59 Å². The van der Waals surface area contributed by atoms with Crippen LogP contribution in [0.4, 0.5) is 0 Å². The van der Waals surface area contributed by atoms with Crippen molar-refractivity contribution >= 4 is 11.8 Å². The molecule has 0 unspecified atom stereocenters. The first-order chi connectivity index (χ1) is 6.57. The van der Waals surface area contributed by atoms with E-state index in [0.29, 0.717) is 19.6 Å². The van der Waals surface area contributed by atoms with Crippen molar-refractivity contribution in [3.63, 3.8) is 0 Å². The fourth-order valence-electron chi connectivity index (χ4n) is 1.51. The van der Waals surface area contributed by atoms with E-state index in [9.17, 15) is 9.59 Å². The molecule has 0 aromatic carbocycles. The maximum Gasteiger partial charge on any atom is 0.312 e. The van der Waals surface area contributed by atoms with Gasteiger partial charge in [-0.1, -0.05) is 6.08 Å². The Bertz CT molecular complexity index is 261. The molecule has 78 valence electrons. The first-order valence-electron chi connectivity index (χ1n) is 4.78. The summed E-state index contributed by atoms with van der Waals surface area (Å²) in [4.78, 5) is 26.2. The van der Waals surface area contributed by atoms with Crippen LogP contribution < -0.4 is 0 Å². The zero-order valence-electron chi connectivity index (χ0n) is 8.69. The van der Waals surface area contributed by atoms with Gasteiger partial charge in [0.25, 0.3) is 0 Å². The molecule has 0 N–H and O–H groups in total. The van der Waals surface area contributed by atoms with Gasteiger partial charge in [-0.3, -0.25) is 9.59 Å². The number of nitrogens with zero attached hydrogens (tertiary/aromatic N) is 2. The molecule has 0 aromatic rings. The van der Waals surface area contributed by atoms with E-state index >= 15 is 0 Å². The second-order valence-electron chi connectivity index (χ2n) is 3.63. The van der Waals surface area contributed by atoms with Gasteiger partial charge in [0, 0.05) is 25.7 Å². The lowest BCUT2D eigenvalue weighted by Crippen LogP contribution is -2.56. The molecule has 1 rings (SSSR count). The van der Waals surface area contributed by atoms with Crippen LogP contribution in [0.1, 0.15) is 13.8 Å². The molecule has 1 fully saturated rings. The number of hydrogen-bond donors (Lipinski definition) is 0. The molecule has 0 bridgehead atoms. The van der Waals surface area contributed by atoms with Crippen LogP contribution >= 0.6 is 0 Å². The van der Waals surface area contributed by atoms with Gasteiger partial charge in [-0.05, 0) is 13.8 Å². The van der Waals surface area contributed by atoms with Crippen LogP contribution in [0.5, 0.6) is 0 Å². The summed E-state index contributed by atoms with van der Waals surface area (Å²) in [5.74, 6) is -0.807. The monoisotopic (exact) mass is 196 g/mol. The summed E-state index contributed by atoms with van der Waals surface area (Å²) < 4.78 is 0. The second-order valence-corrected chi connectivity index (χ2v) is 3.63. The molecule has 1 saturated heterocycles. The molecule has 14 heavy (non-hydrogen) atoms. The smallest absolute Gasteiger partial charge is 0.312 e. The highest BCUT2D eigenvalue weighted by Crippen LogP contribution is 2.08. The lowest BCUT2D eigenvalue weighted by Gasteiger charge is -2.35. The van der Waals surface area contributed by atoms with E-state index in [0.717, 1.165) is 0 Å². The zero-order chi connectivity index (χ0) is 10.7. The van der Waals surface area contributed by atoms with Crippen molar-refractivity contribution in [1.82, 2.24) is 9.80 Å². The average Bonchev–Trinajstić information content (AvgIpc) is 2.13. The highest BCUT2D eigenvalue weighted by atomic mass is 16.2. The van der Waals surface area contributed by atoms with Gasteiger partial charge in [-0.25, -0.2) is 0 Å². The molecule has 0 aliphatic carbocycles. The third kappa shape index (κ3) is 1.95. The van der Waals surface area contributed by atoms with Crippen molar-refractivity contribution in [2.75, 3.05) is 19.6 Å². The Balaban J connectivity index is 2.69. The third-order valence-corrected chi connectivity index (χ3v) is 2.31. The van der Waals surface area contributed by atoms with Crippen molar-refractivity contribution in [2.24, 2.45) is 0 Å². The molecule has 1 aliphatic heterocycles. The van der Waals surface area contributed by atoms with E-state index in [1.807, 2.05) is 13.8 Å². The summed E-state index contributed by atoms with van der Waals surface area (Å²) in [5, 5.41) is 0. The third-order valence-electron chi connectivity index (χ3n) is 2.31. The van der Waals surface area contributed by atoms with Crippen molar-refractivity contribution in [2.45, 2.75) is 19.9 Å². The molecule has 1 aliphatic rings. The first kappa shape index (κ1) is 10.8. The van der Waals surface area contributed by atoms with E-state index in [1.165, 1.54) is 4.90 Å². The highest BCUT2D eigenvalue weighted by Gasteiger charge is 2.32. The summed E-state index contributed by atoms with van der Waals surface area (Å²) >= 11 is 0. The Morgan fingerprint density at radius 3 is 2.50 bits per heavy atom. The topological polar surface area (TPSA) is 40.6 Å². The molecule has 1 heterocycles. The van der Waals surface area contributed by atoms with Crippen LogP contribution in [-0.4, -0.2) is 47.3 Å². The van der Waals surface area contributed by atoms with E-state index in [-0.39, 0.29) is 6.04 Å². The van der Waals surface area contributed by atoms with Crippen LogP contribution in [0.25, 0.3) is 0 Å². The normalized spacial score (nSPS) is 17.9. The summed E-state index contributed by atoms with van der Waals surface area (Å²) in [7, 11) is 0. The summed E-state index contributed by atoms with van der Waals surface area (Å²) in [6.07, 6.45) is 1.64. The molecule has 0 aromatic heterocycles. The lowest BCUT2D eigenvalue weighted by atomic mass is 10.2. The number of amides is 2. The van der Waals surface area contributed by atoms with Gasteiger partial charge in [-0.15, -0.1) is 6.58 Å². The Morgan fingerprint density at radius 2 is 2.00 bits per heavy atom. The number of carbonyl (C=O) groups is 2. The fraction of sp³-hybridized carbons (Fsp3) is 0.600. The van der Waals surface area contributed by atoms with Gasteiger partial charge in [0.1, 0.15) is 0 Å². The number of rotatable bonds is 3. The quantitative estimate of drug-likeness (QED) is 0.479. The zero-order valence-corrected chi connectivity index (χ0v) is 8.69. The first-order valence-corrected chi connectivity index (χ1v) is 4.78. The van der Waals surface area contributed by atoms with Gasteiger partial charge >= 0.3 is 11.8 Å². The van der Waals surface area contributed by atoms with Crippen molar-refractivity contribution in [3.8, 4) is 0 Å². The standard InChI is InChI=1S/C10H16N2O2/c1-4-5-11-6-7-12(8(2)3)10(14)9(11)13/h4,8H,1,5-7H2,2-3H3. The molecule has 2 amide bonds. The lowest BCUT2D eigenvalue weighted by molar-refractivity contribution is -0.156. The van der Waals surface area contributed by atoms with Gasteiger partial charge < -0.3 is 9.80 Å². The largest absolute Gasteiger partial charge is 0.330 e.